The van der Waals surface area contributed by atoms with E-state index >= 15 is 0 Å². The Hall–Kier alpha value is -0.940. The minimum absolute atomic E-state index is 0.277. The normalized spacial score (nSPS) is 14.0. The van der Waals surface area contributed by atoms with E-state index < -0.39 is 23.5 Å². The summed E-state index contributed by atoms with van der Waals surface area (Å²) in [4.78, 5) is 22.1. The Balaban J connectivity index is 4.43. The van der Waals surface area contributed by atoms with Crippen LogP contribution in [0.4, 0.5) is 0 Å². The third kappa shape index (κ3) is 5.49. The maximum absolute atomic E-state index is 11.4. The van der Waals surface area contributed by atoms with Gasteiger partial charge in [0.2, 0.25) is 0 Å². The van der Waals surface area contributed by atoms with E-state index in [2.05, 4.69) is 0 Å². The first-order valence-corrected chi connectivity index (χ1v) is 4.78. The molecule has 0 aliphatic heterocycles. The summed E-state index contributed by atoms with van der Waals surface area (Å²) < 4.78 is 5.05. The molecule has 0 rings (SSSR count). The van der Waals surface area contributed by atoms with Gasteiger partial charge in [-0.3, -0.25) is 4.79 Å². The maximum Gasteiger partial charge on any atom is 0.333 e. The SMILES string of the molecule is CC(C)OC(CC(=O)C(C)(C)O)C(=O)O. The smallest absolute Gasteiger partial charge is 0.333 e. The zero-order valence-electron chi connectivity index (χ0n) is 9.48. The number of rotatable bonds is 6. The predicted molar refractivity (Wildman–Crippen MR) is 53.6 cm³/mol. The van der Waals surface area contributed by atoms with Crippen LogP contribution in [0, 0.1) is 0 Å². The number of aliphatic hydroxyl groups is 1. The van der Waals surface area contributed by atoms with Crippen molar-refractivity contribution in [2.45, 2.75) is 51.9 Å². The molecular formula is C10H18O5. The van der Waals surface area contributed by atoms with Gasteiger partial charge in [-0.1, -0.05) is 0 Å². The van der Waals surface area contributed by atoms with Crippen LogP contribution >= 0.6 is 0 Å². The Kier molecular flexibility index (Phi) is 4.90. The standard InChI is InChI=1S/C10H18O5/c1-6(2)15-7(9(12)13)5-8(11)10(3,4)14/h6-7,14H,5H2,1-4H3,(H,12,13). The fourth-order valence-corrected chi connectivity index (χ4v) is 0.940. The van der Waals surface area contributed by atoms with E-state index in [0.29, 0.717) is 0 Å². The molecule has 0 aliphatic rings. The number of ketones is 1. The summed E-state index contributed by atoms with van der Waals surface area (Å²) >= 11 is 0. The molecule has 1 unspecified atom stereocenters. The third-order valence-electron chi connectivity index (χ3n) is 1.77. The number of carbonyl (C=O) groups excluding carboxylic acids is 1. The number of Topliss-reactive ketones (excluding diaryl/α,β-unsaturated/α-hetero) is 1. The molecule has 0 spiro atoms. The molecule has 0 amide bonds. The van der Waals surface area contributed by atoms with E-state index in [1.165, 1.54) is 13.8 Å². The topological polar surface area (TPSA) is 83.8 Å². The predicted octanol–water partition coefficient (Wildman–Crippen LogP) is 0.595. The number of ether oxygens (including phenoxy) is 1. The quantitative estimate of drug-likeness (QED) is 0.681. The van der Waals surface area contributed by atoms with Crippen molar-refractivity contribution in [1.82, 2.24) is 0 Å². The van der Waals surface area contributed by atoms with E-state index in [1.54, 1.807) is 13.8 Å². The molecule has 15 heavy (non-hydrogen) atoms. The van der Waals surface area contributed by atoms with Gasteiger partial charge >= 0.3 is 5.97 Å². The Morgan fingerprint density at radius 2 is 1.80 bits per heavy atom. The van der Waals surface area contributed by atoms with Crippen LogP contribution in [0.1, 0.15) is 34.1 Å². The number of carboxylic acid groups (broad SMARTS) is 1. The molecule has 0 bridgehead atoms. The Morgan fingerprint density at radius 1 is 1.33 bits per heavy atom. The molecule has 0 saturated heterocycles. The second-order valence-electron chi connectivity index (χ2n) is 4.20. The molecule has 0 radical (unpaired) electrons. The lowest BCUT2D eigenvalue weighted by Crippen LogP contribution is -2.38. The van der Waals surface area contributed by atoms with Crippen molar-refractivity contribution in [2.24, 2.45) is 0 Å². The lowest BCUT2D eigenvalue weighted by molar-refractivity contribution is -0.158. The van der Waals surface area contributed by atoms with Gasteiger partial charge in [0.15, 0.2) is 11.9 Å². The first-order valence-electron chi connectivity index (χ1n) is 4.78. The summed E-state index contributed by atoms with van der Waals surface area (Å²) in [6.45, 7) is 6.02. The summed E-state index contributed by atoms with van der Waals surface area (Å²) in [5.41, 5.74) is -1.52. The van der Waals surface area contributed by atoms with Crippen LogP contribution < -0.4 is 0 Å². The van der Waals surface area contributed by atoms with E-state index in [-0.39, 0.29) is 12.5 Å². The molecule has 0 aliphatic carbocycles. The van der Waals surface area contributed by atoms with E-state index in [1.807, 2.05) is 0 Å². The molecule has 5 heteroatoms. The summed E-state index contributed by atoms with van der Waals surface area (Å²) in [7, 11) is 0. The Morgan fingerprint density at radius 3 is 2.07 bits per heavy atom. The molecular weight excluding hydrogens is 200 g/mol. The van der Waals surface area contributed by atoms with E-state index in [4.69, 9.17) is 9.84 Å². The van der Waals surface area contributed by atoms with Gasteiger partial charge in [-0.2, -0.15) is 0 Å². The third-order valence-corrected chi connectivity index (χ3v) is 1.77. The maximum atomic E-state index is 11.4. The summed E-state index contributed by atoms with van der Waals surface area (Å²) in [6.07, 6.45) is -1.79. The largest absolute Gasteiger partial charge is 0.479 e. The second kappa shape index (κ2) is 5.23. The van der Waals surface area contributed by atoms with Crippen molar-refractivity contribution in [3.63, 3.8) is 0 Å². The van der Waals surface area contributed by atoms with Gasteiger partial charge < -0.3 is 14.9 Å². The van der Waals surface area contributed by atoms with Crippen molar-refractivity contribution in [3.8, 4) is 0 Å². The summed E-state index contributed by atoms with van der Waals surface area (Å²) in [5.74, 6) is -1.74. The Labute approximate surface area is 89.0 Å². The van der Waals surface area contributed by atoms with Crippen LogP contribution in [-0.2, 0) is 14.3 Å². The molecule has 0 saturated carbocycles. The average Bonchev–Trinajstić information content (AvgIpc) is 1.99. The van der Waals surface area contributed by atoms with Crippen LogP contribution in [0.5, 0.6) is 0 Å². The first-order chi connectivity index (χ1) is 6.64. The van der Waals surface area contributed by atoms with Gasteiger partial charge in [-0.25, -0.2) is 4.79 Å². The van der Waals surface area contributed by atoms with Gasteiger partial charge in [0.1, 0.15) is 5.60 Å². The van der Waals surface area contributed by atoms with Crippen LogP contribution in [-0.4, -0.2) is 39.8 Å². The van der Waals surface area contributed by atoms with E-state index in [0.717, 1.165) is 0 Å². The van der Waals surface area contributed by atoms with Crippen LogP contribution in [0.25, 0.3) is 0 Å². The van der Waals surface area contributed by atoms with Crippen LogP contribution in [0.15, 0.2) is 0 Å². The molecule has 0 fully saturated rings. The lowest BCUT2D eigenvalue weighted by atomic mass is 9.98. The van der Waals surface area contributed by atoms with Gasteiger partial charge in [-0.05, 0) is 27.7 Å². The van der Waals surface area contributed by atoms with Crippen molar-refractivity contribution in [2.75, 3.05) is 0 Å². The van der Waals surface area contributed by atoms with Crippen molar-refractivity contribution < 1.29 is 24.5 Å². The zero-order chi connectivity index (χ0) is 12.2. The fraction of sp³-hybridized carbons (Fsp3) is 0.800. The first kappa shape index (κ1) is 14.1. The highest BCUT2D eigenvalue weighted by Crippen LogP contribution is 2.11. The second-order valence-corrected chi connectivity index (χ2v) is 4.20. The highest BCUT2D eigenvalue weighted by atomic mass is 16.5. The molecule has 0 heterocycles. The lowest BCUT2D eigenvalue weighted by Gasteiger charge is -2.20. The molecule has 1 atom stereocenters. The monoisotopic (exact) mass is 218 g/mol. The molecule has 0 aromatic carbocycles. The van der Waals surface area contributed by atoms with Crippen molar-refractivity contribution in [3.05, 3.63) is 0 Å². The Bertz CT molecular complexity index is 239. The number of hydrogen-bond acceptors (Lipinski definition) is 4. The summed E-state index contributed by atoms with van der Waals surface area (Å²) in [6, 6.07) is 0. The fourth-order valence-electron chi connectivity index (χ4n) is 0.940. The number of carbonyl (C=O) groups is 2. The highest BCUT2D eigenvalue weighted by molar-refractivity contribution is 5.90. The van der Waals surface area contributed by atoms with E-state index in [9.17, 15) is 14.7 Å². The average molecular weight is 218 g/mol. The molecule has 2 N–H and O–H groups in total. The summed E-state index contributed by atoms with van der Waals surface area (Å²) in [5, 5.41) is 18.1. The molecule has 88 valence electrons. The minimum Gasteiger partial charge on any atom is -0.479 e. The molecule has 5 nitrogen and oxygen atoms in total. The number of carboxylic acids is 1. The van der Waals surface area contributed by atoms with Gasteiger partial charge in [-0.15, -0.1) is 0 Å². The van der Waals surface area contributed by atoms with Gasteiger partial charge in [0, 0.05) is 6.42 Å². The van der Waals surface area contributed by atoms with Crippen LogP contribution in [0.2, 0.25) is 0 Å². The van der Waals surface area contributed by atoms with Crippen molar-refractivity contribution in [1.29, 1.82) is 0 Å². The number of hydrogen-bond donors (Lipinski definition) is 2. The molecule has 0 aromatic heterocycles. The highest BCUT2D eigenvalue weighted by Gasteiger charge is 2.30. The van der Waals surface area contributed by atoms with Gasteiger partial charge in [0.05, 0.1) is 6.10 Å². The molecule has 0 aromatic rings. The van der Waals surface area contributed by atoms with Gasteiger partial charge in [0.25, 0.3) is 0 Å². The minimum atomic E-state index is -1.52. The zero-order valence-corrected chi connectivity index (χ0v) is 9.48. The van der Waals surface area contributed by atoms with Crippen LogP contribution in [0.3, 0.4) is 0 Å². The number of aliphatic carboxylic acids is 1. The van der Waals surface area contributed by atoms with Crippen molar-refractivity contribution >= 4 is 11.8 Å².